The number of anilines is 1. The Kier molecular flexibility index (Phi) is 4.85. The van der Waals surface area contributed by atoms with Crippen LogP contribution in [0.1, 0.15) is 18.4 Å². The Morgan fingerprint density at radius 3 is 2.25 bits per heavy atom. The average Bonchev–Trinajstić information content (AvgIpc) is 3.23. The van der Waals surface area contributed by atoms with Crippen molar-refractivity contribution in [3.8, 4) is 0 Å². The number of hydrogen-bond acceptors (Lipinski definition) is 3. The van der Waals surface area contributed by atoms with Gasteiger partial charge in [0, 0.05) is 29.7 Å². The molecule has 4 rings (SSSR count). The van der Waals surface area contributed by atoms with Gasteiger partial charge in [0.2, 0.25) is 0 Å². The number of rotatable bonds is 3. The van der Waals surface area contributed by atoms with Gasteiger partial charge in [0.05, 0.1) is 16.3 Å². The number of nitrogens with zero attached hydrogens (tertiary/aromatic N) is 2. The van der Waals surface area contributed by atoms with E-state index in [1.54, 1.807) is 12.1 Å². The van der Waals surface area contributed by atoms with E-state index in [0.717, 1.165) is 29.9 Å². The molecule has 0 radical (unpaired) electrons. The maximum Gasteiger partial charge on any atom is 0.282 e. The first kappa shape index (κ1) is 18.9. The number of halogens is 4. The van der Waals surface area contributed by atoms with Gasteiger partial charge in [-0.25, -0.2) is 13.7 Å². The third kappa shape index (κ3) is 3.06. The number of amides is 2. The van der Waals surface area contributed by atoms with E-state index in [4.69, 9.17) is 23.2 Å². The molecule has 1 saturated heterocycles. The fourth-order valence-electron chi connectivity index (χ4n) is 3.57. The highest BCUT2D eigenvalue weighted by Gasteiger charge is 2.44. The summed E-state index contributed by atoms with van der Waals surface area (Å²) in [6.07, 6.45) is 1.75. The molecule has 0 saturated carbocycles. The van der Waals surface area contributed by atoms with E-state index in [9.17, 15) is 18.4 Å². The van der Waals surface area contributed by atoms with E-state index in [1.807, 2.05) is 4.90 Å². The lowest BCUT2D eigenvalue weighted by atomic mass is 10.0. The summed E-state index contributed by atoms with van der Waals surface area (Å²) in [5, 5.41) is 0.594. The molecule has 0 aliphatic carbocycles. The topological polar surface area (TPSA) is 40.6 Å². The minimum atomic E-state index is -0.995. The fourth-order valence-corrected chi connectivity index (χ4v) is 4.07. The summed E-state index contributed by atoms with van der Waals surface area (Å²) < 4.78 is 27.7. The monoisotopic (exact) mass is 422 g/mol. The van der Waals surface area contributed by atoms with Crippen LogP contribution in [0.5, 0.6) is 0 Å². The Hall–Kier alpha value is -2.44. The van der Waals surface area contributed by atoms with Crippen LogP contribution in [0.4, 0.5) is 14.5 Å². The highest BCUT2D eigenvalue weighted by Crippen LogP contribution is 2.39. The molecule has 2 amide bonds. The third-order valence-electron chi connectivity index (χ3n) is 4.83. The molecule has 0 bridgehead atoms. The van der Waals surface area contributed by atoms with Crippen LogP contribution >= 0.6 is 23.2 Å². The second-order valence-electron chi connectivity index (χ2n) is 6.58. The Morgan fingerprint density at radius 2 is 1.61 bits per heavy atom. The number of likely N-dealkylation sites (tertiary alicyclic amines) is 1. The zero-order valence-electron chi connectivity index (χ0n) is 14.5. The standard InChI is InChI=1S/C20H14Cl2F2N2O2/c21-11-3-5-13(14(22)9-11)17-18(25-7-1-2-8-25)20(28)26(19(17)27)16-6-4-12(23)10-15(16)24/h3-6,9-10H,1-2,7-8H2. The molecule has 0 spiro atoms. The van der Waals surface area contributed by atoms with Gasteiger partial charge in [-0.15, -0.1) is 0 Å². The molecule has 2 aromatic rings. The van der Waals surface area contributed by atoms with Crippen LogP contribution in [-0.2, 0) is 9.59 Å². The minimum Gasteiger partial charge on any atom is -0.366 e. The van der Waals surface area contributed by atoms with Crippen LogP contribution in [-0.4, -0.2) is 29.8 Å². The maximum absolute atomic E-state index is 14.4. The predicted molar refractivity (Wildman–Crippen MR) is 103 cm³/mol. The lowest BCUT2D eigenvalue weighted by Crippen LogP contribution is -2.35. The van der Waals surface area contributed by atoms with Crippen LogP contribution in [0.15, 0.2) is 42.1 Å². The second-order valence-corrected chi connectivity index (χ2v) is 7.43. The smallest absolute Gasteiger partial charge is 0.282 e. The van der Waals surface area contributed by atoms with Crippen LogP contribution < -0.4 is 4.90 Å². The summed E-state index contributed by atoms with van der Waals surface area (Å²) in [5.41, 5.74) is 0.317. The quantitative estimate of drug-likeness (QED) is 0.675. The Morgan fingerprint density at radius 1 is 0.893 bits per heavy atom. The number of imide groups is 1. The molecule has 4 nitrogen and oxygen atoms in total. The van der Waals surface area contributed by atoms with Crippen LogP contribution in [0.25, 0.3) is 5.57 Å². The van der Waals surface area contributed by atoms with Crippen molar-refractivity contribution in [2.75, 3.05) is 18.0 Å². The number of carbonyl (C=O) groups excluding carboxylic acids is 2. The summed E-state index contributed by atoms with van der Waals surface area (Å²) in [5.74, 6) is -3.15. The molecule has 0 atom stereocenters. The molecule has 2 aliphatic rings. The van der Waals surface area contributed by atoms with Crippen molar-refractivity contribution in [3.05, 3.63) is 69.3 Å². The summed E-state index contributed by atoms with van der Waals surface area (Å²) in [6, 6.07) is 7.32. The normalized spacial score (nSPS) is 17.3. The molecule has 144 valence electrons. The van der Waals surface area contributed by atoms with Crippen molar-refractivity contribution in [1.29, 1.82) is 0 Å². The highest BCUT2D eigenvalue weighted by molar-refractivity contribution is 6.47. The molecule has 0 aromatic heterocycles. The molecule has 8 heteroatoms. The molecule has 28 heavy (non-hydrogen) atoms. The van der Waals surface area contributed by atoms with Gasteiger partial charge < -0.3 is 4.90 Å². The SMILES string of the molecule is O=C1C(c2ccc(Cl)cc2Cl)=C(N2CCCC2)C(=O)N1c1ccc(F)cc1F. The highest BCUT2D eigenvalue weighted by atomic mass is 35.5. The molecule has 0 N–H and O–H groups in total. The van der Waals surface area contributed by atoms with Crippen molar-refractivity contribution >= 4 is 46.3 Å². The molecular weight excluding hydrogens is 409 g/mol. The van der Waals surface area contributed by atoms with Crippen LogP contribution in [0.3, 0.4) is 0 Å². The van der Waals surface area contributed by atoms with Gasteiger partial charge in [0.1, 0.15) is 17.3 Å². The van der Waals surface area contributed by atoms with Crippen molar-refractivity contribution in [1.82, 2.24) is 4.90 Å². The van der Waals surface area contributed by atoms with Gasteiger partial charge in [-0.2, -0.15) is 0 Å². The number of benzene rings is 2. The van der Waals surface area contributed by atoms with Crippen molar-refractivity contribution < 1.29 is 18.4 Å². The van der Waals surface area contributed by atoms with Gasteiger partial charge in [0.25, 0.3) is 11.8 Å². The van der Waals surface area contributed by atoms with E-state index in [1.165, 1.54) is 6.07 Å². The van der Waals surface area contributed by atoms with Gasteiger partial charge in [-0.05, 0) is 37.1 Å². The Balaban J connectivity index is 1.88. The zero-order valence-corrected chi connectivity index (χ0v) is 16.0. The first-order chi connectivity index (χ1) is 13.4. The molecule has 1 fully saturated rings. The average molecular weight is 423 g/mol. The molecule has 2 heterocycles. The molecule has 2 aliphatic heterocycles. The van der Waals surface area contributed by atoms with Gasteiger partial charge >= 0.3 is 0 Å². The second kappa shape index (κ2) is 7.18. The van der Waals surface area contributed by atoms with Crippen molar-refractivity contribution in [2.24, 2.45) is 0 Å². The Bertz CT molecular complexity index is 1030. The minimum absolute atomic E-state index is 0.0947. The van der Waals surface area contributed by atoms with Crippen LogP contribution in [0.2, 0.25) is 10.0 Å². The van der Waals surface area contributed by atoms with Crippen LogP contribution in [0, 0.1) is 11.6 Å². The lowest BCUT2D eigenvalue weighted by Gasteiger charge is -2.20. The third-order valence-corrected chi connectivity index (χ3v) is 5.38. The van der Waals surface area contributed by atoms with Crippen molar-refractivity contribution in [2.45, 2.75) is 12.8 Å². The lowest BCUT2D eigenvalue weighted by molar-refractivity contribution is -0.120. The summed E-state index contributed by atoms with van der Waals surface area (Å²) in [6.45, 7) is 1.20. The fraction of sp³-hybridized carbons (Fsp3) is 0.200. The predicted octanol–water partition coefficient (Wildman–Crippen LogP) is 4.65. The largest absolute Gasteiger partial charge is 0.366 e. The van der Waals surface area contributed by atoms with E-state index < -0.39 is 23.4 Å². The summed E-state index contributed by atoms with van der Waals surface area (Å²) >= 11 is 12.3. The first-order valence-electron chi connectivity index (χ1n) is 8.67. The first-order valence-corrected chi connectivity index (χ1v) is 9.42. The van der Waals surface area contributed by atoms with Gasteiger partial charge in [0.15, 0.2) is 0 Å². The molecular formula is C20H14Cl2F2N2O2. The van der Waals surface area contributed by atoms with E-state index >= 15 is 0 Å². The molecule has 0 unspecified atom stereocenters. The van der Waals surface area contributed by atoms with E-state index in [2.05, 4.69) is 0 Å². The van der Waals surface area contributed by atoms with E-state index in [-0.39, 0.29) is 22.0 Å². The summed E-state index contributed by atoms with van der Waals surface area (Å²) in [7, 11) is 0. The molecule has 2 aromatic carbocycles. The number of hydrogen-bond donors (Lipinski definition) is 0. The number of carbonyl (C=O) groups is 2. The maximum atomic E-state index is 14.4. The zero-order chi connectivity index (χ0) is 20.0. The summed E-state index contributed by atoms with van der Waals surface area (Å²) in [4.78, 5) is 29.0. The van der Waals surface area contributed by atoms with Crippen molar-refractivity contribution in [3.63, 3.8) is 0 Å². The Labute approximate surface area is 169 Å². The van der Waals surface area contributed by atoms with Gasteiger partial charge in [-0.1, -0.05) is 29.3 Å². The van der Waals surface area contributed by atoms with E-state index in [0.29, 0.717) is 29.7 Å². The van der Waals surface area contributed by atoms with Gasteiger partial charge in [-0.3, -0.25) is 9.59 Å².